The zero-order valence-electron chi connectivity index (χ0n) is 9.01. The van der Waals surface area contributed by atoms with Gasteiger partial charge in [-0.2, -0.15) is 0 Å². The van der Waals surface area contributed by atoms with Crippen molar-refractivity contribution in [1.82, 2.24) is 4.90 Å². The van der Waals surface area contributed by atoms with E-state index in [4.69, 9.17) is 4.74 Å². The largest absolute Gasteiger partial charge is 0.383 e. The molecule has 0 radical (unpaired) electrons. The number of methoxy groups -OCH3 is 1. The van der Waals surface area contributed by atoms with Crippen LogP contribution in [-0.4, -0.2) is 37.2 Å². The van der Waals surface area contributed by atoms with E-state index >= 15 is 0 Å². The van der Waals surface area contributed by atoms with Gasteiger partial charge >= 0.3 is 0 Å². The second kappa shape index (κ2) is 3.07. The lowest BCUT2D eigenvalue weighted by atomic mass is 9.93. The van der Waals surface area contributed by atoms with Crippen molar-refractivity contribution in [2.45, 2.75) is 37.6 Å². The van der Waals surface area contributed by atoms with E-state index in [2.05, 4.69) is 4.90 Å². The quantitative estimate of drug-likeness (QED) is 0.622. The summed E-state index contributed by atoms with van der Waals surface area (Å²) >= 11 is 0. The van der Waals surface area contributed by atoms with Crippen LogP contribution >= 0.6 is 0 Å². The molecule has 3 aliphatic rings. The standard InChI is InChI=1S/C12H19NO/c1-14-9-12-5-2-6-13(12)8-11(7-12)10-3-4-10/h2-9H2,1H3. The van der Waals surface area contributed by atoms with Crippen LogP contribution < -0.4 is 0 Å². The Kier molecular flexibility index (Phi) is 1.96. The second-order valence-electron chi connectivity index (χ2n) is 5.07. The van der Waals surface area contributed by atoms with Crippen LogP contribution in [0, 0.1) is 0 Å². The van der Waals surface area contributed by atoms with Gasteiger partial charge in [-0.15, -0.1) is 0 Å². The molecule has 1 saturated carbocycles. The topological polar surface area (TPSA) is 12.5 Å². The van der Waals surface area contributed by atoms with Gasteiger partial charge in [-0.3, -0.25) is 4.90 Å². The lowest BCUT2D eigenvalue weighted by Crippen LogP contribution is -2.42. The van der Waals surface area contributed by atoms with Gasteiger partial charge in [-0.1, -0.05) is 11.1 Å². The Morgan fingerprint density at radius 3 is 2.93 bits per heavy atom. The molecule has 3 rings (SSSR count). The summed E-state index contributed by atoms with van der Waals surface area (Å²) in [6, 6.07) is 0. The first kappa shape index (κ1) is 8.93. The minimum Gasteiger partial charge on any atom is -0.383 e. The average Bonchev–Trinajstić information content (AvgIpc) is 2.84. The summed E-state index contributed by atoms with van der Waals surface area (Å²) in [6.07, 6.45) is 6.78. The highest BCUT2D eigenvalue weighted by molar-refractivity contribution is 5.32. The van der Waals surface area contributed by atoms with Gasteiger partial charge in [0.25, 0.3) is 0 Å². The summed E-state index contributed by atoms with van der Waals surface area (Å²) in [5.74, 6) is 0. The minimum atomic E-state index is 0.402. The maximum Gasteiger partial charge on any atom is 0.0649 e. The summed E-state index contributed by atoms with van der Waals surface area (Å²) in [5, 5.41) is 0. The van der Waals surface area contributed by atoms with E-state index in [1.165, 1.54) is 45.2 Å². The first-order chi connectivity index (χ1) is 6.84. The fourth-order valence-corrected chi connectivity index (χ4v) is 3.26. The van der Waals surface area contributed by atoms with Crippen LogP contribution in [0.5, 0.6) is 0 Å². The van der Waals surface area contributed by atoms with E-state index in [-0.39, 0.29) is 0 Å². The van der Waals surface area contributed by atoms with Gasteiger partial charge in [-0.05, 0) is 38.6 Å². The summed E-state index contributed by atoms with van der Waals surface area (Å²) in [4.78, 5) is 2.66. The molecule has 2 nitrogen and oxygen atoms in total. The fourth-order valence-electron chi connectivity index (χ4n) is 3.26. The van der Waals surface area contributed by atoms with Crippen LogP contribution in [0.4, 0.5) is 0 Å². The minimum absolute atomic E-state index is 0.402. The van der Waals surface area contributed by atoms with Crippen LogP contribution in [-0.2, 0) is 4.74 Å². The number of nitrogens with zero attached hydrogens (tertiary/aromatic N) is 1. The molecule has 1 atom stereocenters. The molecule has 14 heavy (non-hydrogen) atoms. The van der Waals surface area contributed by atoms with Gasteiger partial charge in [0.05, 0.1) is 6.61 Å². The molecule has 0 amide bonds. The third-order valence-corrected chi connectivity index (χ3v) is 4.08. The molecule has 2 heteroatoms. The molecule has 0 N–H and O–H groups in total. The molecule has 1 aliphatic carbocycles. The highest BCUT2D eigenvalue weighted by atomic mass is 16.5. The van der Waals surface area contributed by atoms with Gasteiger partial charge in [0.1, 0.15) is 0 Å². The Morgan fingerprint density at radius 2 is 2.21 bits per heavy atom. The Bertz CT molecular complexity index is 278. The SMILES string of the molecule is COCC12CCCN1CC(=C1CC1)C2. The first-order valence-electron chi connectivity index (χ1n) is 5.78. The van der Waals surface area contributed by atoms with E-state index in [1.807, 2.05) is 7.11 Å². The molecule has 2 heterocycles. The molecule has 2 aliphatic heterocycles. The van der Waals surface area contributed by atoms with E-state index in [1.54, 1.807) is 11.1 Å². The van der Waals surface area contributed by atoms with Crippen molar-refractivity contribution >= 4 is 0 Å². The molecule has 1 unspecified atom stereocenters. The van der Waals surface area contributed by atoms with Gasteiger partial charge in [0.2, 0.25) is 0 Å². The van der Waals surface area contributed by atoms with E-state index in [0.717, 1.165) is 6.61 Å². The Hall–Kier alpha value is -0.340. The van der Waals surface area contributed by atoms with Gasteiger partial charge in [0.15, 0.2) is 0 Å². The van der Waals surface area contributed by atoms with Crippen molar-refractivity contribution in [1.29, 1.82) is 0 Å². The van der Waals surface area contributed by atoms with Crippen LogP contribution in [0.25, 0.3) is 0 Å². The van der Waals surface area contributed by atoms with Crippen LogP contribution in [0.15, 0.2) is 11.1 Å². The first-order valence-corrected chi connectivity index (χ1v) is 5.78. The Morgan fingerprint density at radius 1 is 1.36 bits per heavy atom. The van der Waals surface area contributed by atoms with Gasteiger partial charge in [-0.25, -0.2) is 0 Å². The third kappa shape index (κ3) is 1.24. The molecule has 0 bridgehead atoms. The van der Waals surface area contributed by atoms with Crippen molar-refractivity contribution in [3.05, 3.63) is 11.1 Å². The van der Waals surface area contributed by atoms with Gasteiger partial charge < -0.3 is 4.74 Å². The number of fused-ring (bicyclic) bond motifs is 1. The molecule has 0 aromatic heterocycles. The highest BCUT2D eigenvalue weighted by Crippen LogP contribution is 2.46. The van der Waals surface area contributed by atoms with Crippen molar-refractivity contribution in [3.63, 3.8) is 0 Å². The summed E-state index contributed by atoms with van der Waals surface area (Å²) in [6.45, 7) is 3.47. The molecule has 3 fully saturated rings. The maximum absolute atomic E-state index is 5.41. The van der Waals surface area contributed by atoms with E-state index in [9.17, 15) is 0 Å². The van der Waals surface area contributed by atoms with Crippen molar-refractivity contribution in [2.24, 2.45) is 0 Å². The smallest absolute Gasteiger partial charge is 0.0649 e. The fraction of sp³-hybridized carbons (Fsp3) is 0.833. The number of ether oxygens (including phenoxy) is 1. The molecular formula is C12H19NO. The third-order valence-electron chi connectivity index (χ3n) is 4.08. The highest BCUT2D eigenvalue weighted by Gasteiger charge is 2.47. The van der Waals surface area contributed by atoms with Gasteiger partial charge in [0, 0.05) is 19.2 Å². The number of hydrogen-bond acceptors (Lipinski definition) is 2. The van der Waals surface area contributed by atoms with Crippen LogP contribution in [0.1, 0.15) is 32.1 Å². The second-order valence-corrected chi connectivity index (χ2v) is 5.07. The van der Waals surface area contributed by atoms with E-state index < -0.39 is 0 Å². The summed E-state index contributed by atoms with van der Waals surface area (Å²) < 4.78 is 5.41. The maximum atomic E-state index is 5.41. The molecule has 0 spiro atoms. The lowest BCUT2D eigenvalue weighted by molar-refractivity contribution is 0.0656. The number of hydrogen-bond donors (Lipinski definition) is 0. The number of rotatable bonds is 2. The zero-order valence-corrected chi connectivity index (χ0v) is 9.01. The van der Waals surface area contributed by atoms with E-state index in [0.29, 0.717) is 5.54 Å². The molecule has 78 valence electrons. The predicted molar refractivity (Wildman–Crippen MR) is 56.3 cm³/mol. The van der Waals surface area contributed by atoms with Crippen molar-refractivity contribution < 1.29 is 4.74 Å². The Balaban J connectivity index is 1.84. The molecule has 2 saturated heterocycles. The average molecular weight is 193 g/mol. The lowest BCUT2D eigenvalue weighted by Gasteiger charge is -2.30. The summed E-state index contributed by atoms with van der Waals surface area (Å²) in [7, 11) is 1.84. The van der Waals surface area contributed by atoms with Crippen molar-refractivity contribution in [2.75, 3.05) is 26.8 Å². The van der Waals surface area contributed by atoms with Crippen LogP contribution in [0.2, 0.25) is 0 Å². The van der Waals surface area contributed by atoms with Crippen LogP contribution in [0.3, 0.4) is 0 Å². The molecule has 0 aromatic rings. The zero-order chi connectivity index (χ0) is 9.60. The normalized spacial score (nSPS) is 36.6. The predicted octanol–water partition coefficient (Wildman–Crippen LogP) is 1.96. The monoisotopic (exact) mass is 193 g/mol. The Labute approximate surface area is 85.9 Å². The number of allylic oxidation sites excluding steroid dienone is 1. The van der Waals surface area contributed by atoms with Crippen molar-refractivity contribution in [3.8, 4) is 0 Å². The molecular weight excluding hydrogens is 174 g/mol. The molecule has 0 aromatic carbocycles. The summed E-state index contributed by atoms with van der Waals surface area (Å²) in [5.41, 5.74) is 3.91.